The van der Waals surface area contributed by atoms with Crippen LogP contribution in [0.3, 0.4) is 0 Å². The van der Waals surface area contributed by atoms with Gasteiger partial charge in [-0.3, -0.25) is 0 Å². The van der Waals surface area contributed by atoms with Crippen LogP contribution in [0.4, 0.5) is 0 Å². The van der Waals surface area contributed by atoms with E-state index in [1.54, 1.807) is 0 Å². The number of unbranched alkanes of at least 4 members (excludes halogenated alkanes) is 1. The summed E-state index contributed by atoms with van der Waals surface area (Å²) in [4.78, 5) is 1.51. The van der Waals surface area contributed by atoms with Crippen LogP contribution in [-0.2, 0) is 10.9 Å². The fourth-order valence-electron chi connectivity index (χ4n) is 1.25. The largest absolute Gasteiger partial charge is 0.154 e. The number of hydrogen-bond acceptors (Lipinski definition) is 0. The molecule has 0 amide bonds. The van der Waals surface area contributed by atoms with Gasteiger partial charge in [0.25, 0.3) is 0 Å². The number of aryl methyl sites for hydroxylation is 1. The van der Waals surface area contributed by atoms with E-state index in [4.69, 9.17) is 0 Å². The second-order valence-corrected chi connectivity index (χ2v) is 5.66. The summed E-state index contributed by atoms with van der Waals surface area (Å²) in [5.41, 5.74) is 1.36. The van der Waals surface area contributed by atoms with Crippen molar-refractivity contribution in [2.75, 3.05) is 12.0 Å². The highest BCUT2D eigenvalue weighted by Gasteiger charge is 2.13. The Morgan fingerprint density at radius 2 is 1.77 bits per heavy atom. The lowest BCUT2D eigenvalue weighted by molar-refractivity contribution is 0.893. The maximum absolute atomic E-state index is 2.35. The zero-order valence-corrected chi connectivity index (χ0v) is 9.66. The summed E-state index contributed by atoms with van der Waals surface area (Å²) in [7, 11) is 0.458. The molecule has 0 aliphatic carbocycles. The predicted octanol–water partition coefficient (Wildman–Crippen LogP) is 3.40. The van der Waals surface area contributed by atoms with Crippen molar-refractivity contribution in [1.82, 2.24) is 0 Å². The molecule has 1 aromatic rings. The van der Waals surface area contributed by atoms with E-state index in [0.29, 0.717) is 10.9 Å². The summed E-state index contributed by atoms with van der Waals surface area (Å²) in [6, 6.07) is 8.97. The highest BCUT2D eigenvalue weighted by atomic mass is 32.2. The number of rotatable bonds is 4. The Morgan fingerprint density at radius 3 is 2.31 bits per heavy atom. The van der Waals surface area contributed by atoms with Gasteiger partial charge in [0, 0.05) is 10.9 Å². The Balaban J connectivity index is 2.55. The minimum atomic E-state index is 0.458. The Hall–Kier alpha value is -0.430. The monoisotopic (exact) mass is 195 g/mol. The van der Waals surface area contributed by atoms with Crippen molar-refractivity contribution in [2.24, 2.45) is 0 Å². The van der Waals surface area contributed by atoms with Crippen LogP contribution in [0.2, 0.25) is 0 Å². The van der Waals surface area contributed by atoms with Crippen LogP contribution in [0.1, 0.15) is 25.3 Å². The van der Waals surface area contributed by atoms with Crippen molar-refractivity contribution in [2.45, 2.75) is 31.6 Å². The molecule has 0 aliphatic heterocycles. The van der Waals surface area contributed by atoms with Gasteiger partial charge < -0.3 is 0 Å². The Morgan fingerprint density at radius 1 is 1.15 bits per heavy atom. The van der Waals surface area contributed by atoms with Gasteiger partial charge in [-0.1, -0.05) is 31.0 Å². The molecule has 0 fully saturated rings. The molecule has 0 aliphatic rings. The molecule has 1 aromatic carbocycles. The van der Waals surface area contributed by atoms with Crippen LogP contribution >= 0.6 is 0 Å². The Bertz CT molecular complexity index is 238. The topological polar surface area (TPSA) is 0 Å². The normalized spacial score (nSPS) is 12.8. The second-order valence-electron chi connectivity index (χ2n) is 3.51. The van der Waals surface area contributed by atoms with Crippen LogP contribution < -0.4 is 0 Å². The third-order valence-corrected chi connectivity index (χ3v) is 4.21. The Kier molecular flexibility index (Phi) is 4.37. The molecule has 1 atom stereocenters. The van der Waals surface area contributed by atoms with Crippen LogP contribution in [-0.4, -0.2) is 12.0 Å². The van der Waals surface area contributed by atoms with Crippen molar-refractivity contribution < 1.29 is 0 Å². The zero-order chi connectivity index (χ0) is 9.68. The SMILES string of the molecule is CCCC[S+](C)c1ccc(C)cc1. The van der Waals surface area contributed by atoms with E-state index in [1.165, 1.54) is 29.1 Å². The molecule has 0 saturated heterocycles. The molecule has 1 heteroatoms. The molecule has 0 aromatic heterocycles. The predicted molar refractivity (Wildman–Crippen MR) is 62.5 cm³/mol. The molecule has 0 nitrogen and oxygen atoms in total. The van der Waals surface area contributed by atoms with Gasteiger partial charge in [0.1, 0.15) is 12.0 Å². The van der Waals surface area contributed by atoms with Gasteiger partial charge in [-0.05, 0) is 25.5 Å². The summed E-state index contributed by atoms with van der Waals surface area (Å²) >= 11 is 0. The van der Waals surface area contributed by atoms with E-state index >= 15 is 0 Å². The van der Waals surface area contributed by atoms with Gasteiger partial charge in [0.2, 0.25) is 0 Å². The highest BCUT2D eigenvalue weighted by Crippen LogP contribution is 2.13. The van der Waals surface area contributed by atoms with Gasteiger partial charge in [0.15, 0.2) is 4.90 Å². The van der Waals surface area contributed by atoms with E-state index < -0.39 is 0 Å². The van der Waals surface area contributed by atoms with Gasteiger partial charge in [-0.15, -0.1) is 0 Å². The first-order valence-electron chi connectivity index (χ1n) is 4.93. The van der Waals surface area contributed by atoms with E-state index in [9.17, 15) is 0 Å². The number of hydrogen-bond donors (Lipinski definition) is 0. The molecule has 72 valence electrons. The average Bonchev–Trinajstić information content (AvgIpc) is 2.15. The molecule has 1 unspecified atom stereocenters. The average molecular weight is 195 g/mol. The lowest BCUT2D eigenvalue weighted by Crippen LogP contribution is -2.04. The van der Waals surface area contributed by atoms with E-state index in [-0.39, 0.29) is 0 Å². The van der Waals surface area contributed by atoms with Crippen molar-refractivity contribution >= 4 is 10.9 Å². The second kappa shape index (κ2) is 5.33. The molecule has 0 bridgehead atoms. The first-order valence-corrected chi connectivity index (χ1v) is 6.73. The summed E-state index contributed by atoms with van der Waals surface area (Å²) in [6.07, 6.45) is 5.01. The summed E-state index contributed by atoms with van der Waals surface area (Å²) in [5, 5.41) is 0. The molecule has 0 heterocycles. The maximum Gasteiger partial charge on any atom is 0.154 e. The smallest absolute Gasteiger partial charge is 0.0652 e. The van der Waals surface area contributed by atoms with Crippen molar-refractivity contribution in [3.05, 3.63) is 29.8 Å². The third-order valence-electron chi connectivity index (χ3n) is 2.23. The van der Waals surface area contributed by atoms with Crippen LogP contribution in [0.25, 0.3) is 0 Å². The maximum atomic E-state index is 2.35. The molecule has 0 saturated carbocycles. The van der Waals surface area contributed by atoms with Crippen LogP contribution in [0.15, 0.2) is 29.2 Å². The highest BCUT2D eigenvalue weighted by molar-refractivity contribution is 7.96. The first kappa shape index (κ1) is 10.6. The first-order chi connectivity index (χ1) is 6.24. The molecule has 0 N–H and O–H groups in total. The quantitative estimate of drug-likeness (QED) is 0.646. The molecule has 0 radical (unpaired) electrons. The fraction of sp³-hybridized carbons (Fsp3) is 0.500. The van der Waals surface area contributed by atoms with Gasteiger partial charge >= 0.3 is 0 Å². The lowest BCUT2D eigenvalue weighted by atomic mass is 10.2. The molecular formula is C12H19S+. The third kappa shape index (κ3) is 3.43. The number of benzene rings is 1. The fourth-order valence-corrected chi connectivity index (χ4v) is 2.81. The van der Waals surface area contributed by atoms with Crippen LogP contribution in [0.5, 0.6) is 0 Å². The van der Waals surface area contributed by atoms with Crippen molar-refractivity contribution in [3.8, 4) is 0 Å². The Labute approximate surface area is 84.7 Å². The van der Waals surface area contributed by atoms with Crippen molar-refractivity contribution in [1.29, 1.82) is 0 Å². The molecule has 0 spiro atoms. The summed E-state index contributed by atoms with van der Waals surface area (Å²) in [6.45, 7) is 4.40. The summed E-state index contributed by atoms with van der Waals surface area (Å²) in [5.74, 6) is 1.35. The van der Waals surface area contributed by atoms with E-state index in [0.717, 1.165) is 0 Å². The van der Waals surface area contributed by atoms with Gasteiger partial charge in [0.05, 0.1) is 0 Å². The van der Waals surface area contributed by atoms with Gasteiger partial charge in [-0.2, -0.15) is 0 Å². The standard InChI is InChI=1S/C12H19S/c1-4-5-10-13(3)12-8-6-11(2)7-9-12/h6-9H,4-5,10H2,1-3H3/q+1. The lowest BCUT2D eigenvalue weighted by Gasteiger charge is -2.01. The molecular weight excluding hydrogens is 176 g/mol. The minimum Gasteiger partial charge on any atom is -0.0652 e. The van der Waals surface area contributed by atoms with E-state index in [1.807, 2.05) is 0 Å². The van der Waals surface area contributed by atoms with Crippen LogP contribution in [0, 0.1) is 6.92 Å². The minimum absolute atomic E-state index is 0.458. The zero-order valence-electron chi connectivity index (χ0n) is 8.84. The molecule has 13 heavy (non-hydrogen) atoms. The van der Waals surface area contributed by atoms with Gasteiger partial charge in [-0.25, -0.2) is 0 Å². The van der Waals surface area contributed by atoms with Crippen molar-refractivity contribution in [3.63, 3.8) is 0 Å². The summed E-state index contributed by atoms with van der Waals surface area (Å²) < 4.78 is 0. The molecule has 1 rings (SSSR count). The van der Waals surface area contributed by atoms with E-state index in [2.05, 4.69) is 44.4 Å².